The van der Waals surface area contributed by atoms with Crippen LogP contribution in [0.25, 0.3) is 16.3 Å². The summed E-state index contributed by atoms with van der Waals surface area (Å²) < 4.78 is 12.7. The Morgan fingerprint density at radius 1 is 1.31 bits per heavy atom. The molecule has 1 heterocycles. The Kier molecular flexibility index (Phi) is 5.90. The van der Waals surface area contributed by atoms with Crippen LogP contribution in [0.1, 0.15) is 12.5 Å². The van der Waals surface area contributed by atoms with Crippen LogP contribution in [0.3, 0.4) is 0 Å². The second-order valence-electron chi connectivity index (χ2n) is 5.29. The molecule has 0 saturated carbocycles. The van der Waals surface area contributed by atoms with Crippen molar-refractivity contribution >= 4 is 54.6 Å². The molecule has 1 aromatic heterocycles. The number of fused-ring (bicyclic) bond motifs is 1. The van der Waals surface area contributed by atoms with Crippen LogP contribution in [0.5, 0.6) is 11.5 Å². The predicted octanol–water partition coefficient (Wildman–Crippen LogP) is 5.12. The molecule has 5 nitrogen and oxygen atoms in total. The molecule has 0 spiro atoms. The molecule has 1 N–H and O–H groups in total. The summed E-state index contributed by atoms with van der Waals surface area (Å²) in [6.07, 6.45) is 3.19. The third kappa shape index (κ3) is 4.42. The summed E-state index contributed by atoms with van der Waals surface area (Å²) in [4.78, 5) is 16.6. The topological polar surface area (TPSA) is 60.5 Å². The van der Waals surface area contributed by atoms with Gasteiger partial charge in [0.1, 0.15) is 11.5 Å². The minimum atomic E-state index is -0.251. The normalized spacial score (nSPS) is 11.0. The molecule has 0 aliphatic carbocycles. The zero-order valence-electron chi connectivity index (χ0n) is 14.3. The van der Waals surface area contributed by atoms with Crippen LogP contribution in [0.2, 0.25) is 0 Å². The van der Waals surface area contributed by atoms with Crippen molar-refractivity contribution in [2.75, 3.05) is 19.0 Å². The Bertz CT molecular complexity index is 969. The van der Waals surface area contributed by atoms with E-state index in [1.807, 2.05) is 43.3 Å². The Hall–Kier alpha value is -2.38. The zero-order valence-corrected chi connectivity index (χ0v) is 16.7. The highest BCUT2D eigenvalue weighted by molar-refractivity contribution is 9.10. The number of benzene rings is 2. The van der Waals surface area contributed by atoms with Crippen LogP contribution in [0.4, 0.5) is 5.13 Å². The molecule has 3 aromatic rings. The molecule has 134 valence electrons. The van der Waals surface area contributed by atoms with Crippen molar-refractivity contribution in [3.8, 4) is 11.5 Å². The van der Waals surface area contributed by atoms with Gasteiger partial charge >= 0.3 is 0 Å². The number of carbonyl (C=O) groups excluding carboxylic acids is 1. The fraction of sp³-hybridized carbons (Fsp3) is 0.158. The summed E-state index contributed by atoms with van der Waals surface area (Å²) in [5, 5.41) is 3.34. The lowest BCUT2D eigenvalue weighted by Crippen LogP contribution is -2.07. The third-order valence-corrected chi connectivity index (χ3v) is 4.94. The molecule has 0 aliphatic rings. The first kappa shape index (κ1) is 18.4. The first-order valence-corrected chi connectivity index (χ1v) is 9.56. The van der Waals surface area contributed by atoms with Crippen molar-refractivity contribution in [1.82, 2.24) is 4.98 Å². The van der Waals surface area contributed by atoms with Gasteiger partial charge in [0.2, 0.25) is 5.91 Å². The van der Waals surface area contributed by atoms with E-state index in [1.165, 1.54) is 17.4 Å². The van der Waals surface area contributed by atoms with E-state index in [2.05, 4.69) is 26.2 Å². The number of carbonyl (C=O) groups is 1. The van der Waals surface area contributed by atoms with Gasteiger partial charge in [-0.3, -0.25) is 10.1 Å². The number of hydrogen-bond donors (Lipinski definition) is 1. The fourth-order valence-electron chi connectivity index (χ4n) is 2.33. The lowest BCUT2D eigenvalue weighted by atomic mass is 10.2. The fourth-order valence-corrected chi connectivity index (χ4v) is 3.61. The van der Waals surface area contributed by atoms with Crippen LogP contribution < -0.4 is 14.8 Å². The Morgan fingerprint density at radius 3 is 2.92 bits per heavy atom. The number of rotatable bonds is 6. The van der Waals surface area contributed by atoms with Crippen LogP contribution in [0.15, 0.2) is 46.9 Å². The summed E-state index contributed by atoms with van der Waals surface area (Å²) in [7, 11) is 1.62. The van der Waals surface area contributed by atoms with E-state index in [4.69, 9.17) is 9.47 Å². The molecular weight excluding hydrogens is 416 g/mol. The number of nitrogens with zero attached hydrogens (tertiary/aromatic N) is 1. The van der Waals surface area contributed by atoms with Crippen LogP contribution in [-0.2, 0) is 4.79 Å². The molecule has 2 aromatic carbocycles. The summed E-state index contributed by atoms with van der Waals surface area (Å²) in [6, 6.07) is 11.3. The van der Waals surface area contributed by atoms with Gasteiger partial charge in [-0.25, -0.2) is 4.98 Å². The van der Waals surface area contributed by atoms with Gasteiger partial charge in [-0.15, -0.1) is 0 Å². The molecule has 0 unspecified atom stereocenters. The number of anilines is 1. The molecule has 26 heavy (non-hydrogen) atoms. The maximum atomic E-state index is 12.2. The van der Waals surface area contributed by atoms with E-state index in [0.29, 0.717) is 11.7 Å². The van der Waals surface area contributed by atoms with Gasteiger partial charge in [0, 0.05) is 16.1 Å². The highest BCUT2D eigenvalue weighted by atomic mass is 79.9. The average molecular weight is 433 g/mol. The van der Waals surface area contributed by atoms with Crippen LogP contribution >= 0.6 is 27.3 Å². The lowest BCUT2D eigenvalue weighted by Gasteiger charge is -2.07. The monoisotopic (exact) mass is 432 g/mol. The summed E-state index contributed by atoms with van der Waals surface area (Å²) in [5.41, 5.74) is 1.64. The molecule has 0 aliphatic heterocycles. The molecule has 0 saturated heterocycles. The van der Waals surface area contributed by atoms with Gasteiger partial charge in [-0.1, -0.05) is 27.3 Å². The average Bonchev–Trinajstić information content (AvgIpc) is 3.03. The van der Waals surface area contributed by atoms with E-state index in [1.54, 1.807) is 13.2 Å². The first-order chi connectivity index (χ1) is 12.6. The summed E-state index contributed by atoms with van der Waals surface area (Å²) >= 11 is 4.83. The number of methoxy groups -OCH3 is 1. The van der Waals surface area contributed by atoms with Crippen molar-refractivity contribution in [3.05, 3.63) is 52.5 Å². The molecule has 0 atom stereocenters. The summed E-state index contributed by atoms with van der Waals surface area (Å²) in [5.74, 6) is 1.24. The van der Waals surface area contributed by atoms with Gasteiger partial charge < -0.3 is 9.47 Å². The molecule has 7 heteroatoms. The second-order valence-corrected chi connectivity index (χ2v) is 7.24. The molecule has 0 fully saturated rings. The number of halogens is 1. The smallest absolute Gasteiger partial charge is 0.250 e. The number of ether oxygens (including phenoxy) is 2. The Balaban J connectivity index is 1.74. The predicted molar refractivity (Wildman–Crippen MR) is 109 cm³/mol. The molecular formula is C19H17BrN2O3S. The maximum absolute atomic E-state index is 12.2. The van der Waals surface area contributed by atoms with Gasteiger partial charge in [-0.05, 0) is 49.4 Å². The quantitative estimate of drug-likeness (QED) is 0.549. The van der Waals surface area contributed by atoms with E-state index in [-0.39, 0.29) is 5.91 Å². The second kappa shape index (κ2) is 8.33. The molecule has 0 bridgehead atoms. The van der Waals surface area contributed by atoms with Crippen molar-refractivity contribution in [2.45, 2.75) is 6.92 Å². The van der Waals surface area contributed by atoms with E-state index in [0.717, 1.165) is 31.8 Å². The van der Waals surface area contributed by atoms with Crippen molar-refractivity contribution < 1.29 is 14.3 Å². The largest absolute Gasteiger partial charge is 0.497 e. The van der Waals surface area contributed by atoms with Gasteiger partial charge in [0.05, 0.1) is 23.9 Å². The minimum Gasteiger partial charge on any atom is -0.497 e. The first-order valence-electron chi connectivity index (χ1n) is 7.95. The molecule has 3 rings (SSSR count). The van der Waals surface area contributed by atoms with Crippen LogP contribution in [0, 0.1) is 0 Å². The Morgan fingerprint density at radius 2 is 2.15 bits per heavy atom. The summed E-state index contributed by atoms with van der Waals surface area (Å²) in [6.45, 7) is 2.48. The highest BCUT2D eigenvalue weighted by Gasteiger charge is 2.08. The van der Waals surface area contributed by atoms with Gasteiger partial charge in [-0.2, -0.15) is 0 Å². The number of nitrogens with one attached hydrogen (secondary N) is 1. The van der Waals surface area contributed by atoms with E-state index in [9.17, 15) is 4.79 Å². The number of thiazole rings is 1. The number of hydrogen-bond acceptors (Lipinski definition) is 5. The zero-order chi connectivity index (χ0) is 18.5. The SMILES string of the molecule is CCOc1ccc(Br)cc1C=CC(=O)Nc1nc2ccc(OC)cc2s1. The number of amides is 1. The molecule has 0 radical (unpaired) electrons. The van der Waals surface area contributed by atoms with Gasteiger partial charge in [0.15, 0.2) is 5.13 Å². The van der Waals surface area contributed by atoms with Crippen molar-refractivity contribution in [3.63, 3.8) is 0 Å². The minimum absolute atomic E-state index is 0.251. The standard InChI is InChI=1S/C19H17BrN2O3S/c1-3-25-16-8-5-13(20)10-12(16)4-9-18(23)22-19-21-15-7-6-14(24-2)11-17(15)26-19/h4-11H,3H2,1-2H3,(H,21,22,23). The Labute approximate surface area is 163 Å². The maximum Gasteiger partial charge on any atom is 0.250 e. The third-order valence-electron chi connectivity index (χ3n) is 3.51. The van der Waals surface area contributed by atoms with Crippen molar-refractivity contribution in [2.24, 2.45) is 0 Å². The van der Waals surface area contributed by atoms with Crippen LogP contribution in [-0.4, -0.2) is 24.6 Å². The van der Waals surface area contributed by atoms with E-state index >= 15 is 0 Å². The number of aromatic nitrogens is 1. The van der Waals surface area contributed by atoms with Crippen molar-refractivity contribution in [1.29, 1.82) is 0 Å². The van der Waals surface area contributed by atoms with E-state index < -0.39 is 0 Å². The highest BCUT2D eigenvalue weighted by Crippen LogP contribution is 2.29. The molecule has 1 amide bonds. The lowest BCUT2D eigenvalue weighted by molar-refractivity contribution is -0.111. The van der Waals surface area contributed by atoms with Gasteiger partial charge in [0.25, 0.3) is 0 Å².